The SMILES string of the molecule is COc1ccc(CCC2CCCCN2C(=O)C(=O)c2c(C)nn(-c3ccccc3)c2C)cc1OC. The Morgan fingerprint density at radius 1 is 1.00 bits per heavy atom. The second-order valence-corrected chi connectivity index (χ2v) is 9.00. The highest BCUT2D eigenvalue weighted by molar-refractivity contribution is 6.43. The molecule has 0 radical (unpaired) electrons. The first kappa shape index (κ1) is 24.5. The Kier molecular flexibility index (Phi) is 7.54. The zero-order valence-electron chi connectivity index (χ0n) is 20.9. The second-order valence-electron chi connectivity index (χ2n) is 9.00. The van der Waals surface area contributed by atoms with Gasteiger partial charge in [0.2, 0.25) is 0 Å². The monoisotopic (exact) mass is 475 g/mol. The maximum Gasteiger partial charge on any atom is 0.295 e. The van der Waals surface area contributed by atoms with Crippen LogP contribution in [0.1, 0.15) is 53.0 Å². The molecule has 1 amide bonds. The number of ketones is 1. The lowest BCUT2D eigenvalue weighted by atomic mass is 9.94. The molecule has 1 aliphatic rings. The number of aryl methyl sites for hydroxylation is 2. The fourth-order valence-corrected chi connectivity index (χ4v) is 4.97. The van der Waals surface area contributed by atoms with E-state index in [1.807, 2.05) is 55.5 Å². The summed E-state index contributed by atoms with van der Waals surface area (Å²) in [5, 5.41) is 4.56. The highest BCUT2D eigenvalue weighted by atomic mass is 16.5. The molecule has 0 aliphatic carbocycles. The van der Waals surface area contributed by atoms with E-state index < -0.39 is 11.7 Å². The molecule has 3 aromatic rings. The Morgan fingerprint density at radius 3 is 2.46 bits per heavy atom. The number of carbonyl (C=O) groups is 2. The van der Waals surface area contributed by atoms with Gasteiger partial charge in [-0.25, -0.2) is 4.68 Å². The molecule has 1 unspecified atom stereocenters. The summed E-state index contributed by atoms with van der Waals surface area (Å²) in [4.78, 5) is 28.7. The van der Waals surface area contributed by atoms with Gasteiger partial charge in [-0.05, 0) is 75.8 Å². The molecule has 2 aromatic carbocycles. The zero-order chi connectivity index (χ0) is 24.9. The molecule has 1 saturated heterocycles. The highest BCUT2D eigenvalue weighted by Gasteiger charge is 2.33. The Labute approximate surface area is 206 Å². The van der Waals surface area contributed by atoms with Crippen LogP contribution in [0.15, 0.2) is 48.5 Å². The summed E-state index contributed by atoms with van der Waals surface area (Å²) in [6.45, 7) is 4.24. The van der Waals surface area contributed by atoms with Gasteiger partial charge in [-0.1, -0.05) is 24.3 Å². The molecule has 7 heteroatoms. The van der Waals surface area contributed by atoms with Crippen molar-refractivity contribution in [2.75, 3.05) is 20.8 Å². The Hall–Kier alpha value is -3.61. The van der Waals surface area contributed by atoms with Crippen LogP contribution in [0.5, 0.6) is 11.5 Å². The number of likely N-dealkylation sites (tertiary alicyclic amines) is 1. The topological polar surface area (TPSA) is 73.7 Å². The van der Waals surface area contributed by atoms with Gasteiger partial charge in [-0.15, -0.1) is 0 Å². The standard InChI is InChI=1S/C28H33N3O4/c1-19-26(20(2)31(29-19)23-11-6-5-7-12-23)27(32)28(33)30-17-9-8-10-22(30)15-13-21-14-16-24(34-3)25(18-21)35-4/h5-7,11-12,14,16,18,22H,8-10,13,15,17H2,1-4H3. The number of Topliss-reactive ketones (excluding diaryl/α,β-unsaturated/α-hetero) is 1. The van der Waals surface area contributed by atoms with Crippen LogP contribution in [0, 0.1) is 13.8 Å². The summed E-state index contributed by atoms with van der Waals surface area (Å²) < 4.78 is 12.5. The van der Waals surface area contributed by atoms with Crippen LogP contribution < -0.4 is 9.47 Å². The van der Waals surface area contributed by atoms with E-state index in [-0.39, 0.29) is 6.04 Å². The molecule has 4 rings (SSSR count). The molecule has 7 nitrogen and oxygen atoms in total. The number of aromatic nitrogens is 2. The summed E-state index contributed by atoms with van der Waals surface area (Å²) in [6, 6.07) is 15.6. The maximum absolute atomic E-state index is 13.5. The molecule has 0 saturated carbocycles. The molecule has 1 aromatic heterocycles. The van der Waals surface area contributed by atoms with Crippen molar-refractivity contribution in [1.29, 1.82) is 0 Å². The second kappa shape index (κ2) is 10.8. The third kappa shape index (κ3) is 5.09. The van der Waals surface area contributed by atoms with Crippen molar-refractivity contribution >= 4 is 11.7 Å². The molecule has 1 atom stereocenters. The number of piperidine rings is 1. The number of nitrogens with zero attached hydrogens (tertiary/aromatic N) is 3. The first-order valence-corrected chi connectivity index (χ1v) is 12.1. The molecule has 35 heavy (non-hydrogen) atoms. The molecular formula is C28H33N3O4. The van der Waals surface area contributed by atoms with Gasteiger partial charge in [0.15, 0.2) is 11.5 Å². The van der Waals surface area contributed by atoms with Gasteiger partial charge >= 0.3 is 0 Å². The number of carbonyl (C=O) groups excluding carboxylic acids is 2. The summed E-state index contributed by atoms with van der Waals surface area (Å²) in [5.74, 6) is 0.484. The van der Waals surface area contributed by atoms with E-state index in [0.717, 1.165) is 43.4 Å². The number of hydrogen-bond donors (Lipinski definition) is 0. The van der Waals surface area contributed by atoms with Crippen LogP contribution in [0.25, 0.3) is 5.69 Å². The van der Waals surface area contributed by atoms with Crippen molar-refractivity contribution in [3.63, 3.8) is 0 Å². The number of ether oxygens (including phenoxy) is 2. The number of benzene rings is 2. The van der Waals surface area contributed by atoms with Crippen molar-refractivity contribution < 1.29 is 19.1 Å². The average Bonchev–Trinajstić information content (AvgIpc) is 3.20. The van der Waals surface area contributed by atoms with E-state index in [1.54, 1.807) is 30.7 Å². The molecule has 0 spiro atoms. The fourth-order valence-electron chi connectivity index (χ4n) is 4.97. The molecule has 1 aliphatic heterocycles. The van der Waals surface area contributed by atoms with Crippen LogP contribution in [0.2, 0.25) is 0 Å². The van der Waals surface area contributed by atoms with Gasteiger partial charge in [0.25, 0.3) is 11.7 Å². The summed E-state index contributed by atoms with van der Waals surface area (Å²) in [7, 11) is 3.24. The Balaban J connectivity index is 1.51. The molecule has 1 fully saturated rings. The zero-order valence-corrected chi connectivity index (χ0v) is 20.9. The van der Waals surface area contributed by atoms with Crippen molar-refractivity contribution in [3.8, 4) is 17.2 Å². The van der Waals surface area contributed by atoms with Crippen LogP contribution in [-0.2, 0) is 11.2 Å². The number of hydrogen-bond acceptors (Lipinski definition) is 5. The number of para-hydroxylation sites is 1. The minimum atomic E-state index is -0.472. The smallest absolute Gasteiger partial charge is 0.295 e. The van der Waals surface area contributed by atoms with Crippen molar-refractivity contribution in [1.82, 2.24) is 14.7 Å². The summed E-state index contributed by atoms with van der Waals surface area (Å²) in [6.07, 6.45) is 4.43. The van der Waals surface area contributed by atoms with E-state index in [2.05, 4.69) is 5.10 Å². The van der Waals surface area contributed by atoms with E-state index in [4.69, 9.17) is 9.47 Å². The summed E-state index contributed by atoms with van der Waals surface area (Å²) in [5.41, 5.74) is 3.64. The predicted octanol–water partition coefficient (Wildman–Crippen LogP) is 4.70. The van der Waals surface area contributed by atoms with Crippen LogP contribution >= 0.6 is 0 Å². The molecule has 2 heterocycles. The van der Waals surface area contributed by atoms with E-state index in [1.165, 1.54) is 0 Å². The third-order valence-corrected chi connectivity index (χ3v) is 6.82. The van der Waals surface area contributed by atoms with Crippen molar-refractivity contribution in [2.45, 2.75) is 52.0 Å². The first-order chi connectivity index (χ1) is 16.9. The van der Waals surface area contributed by atoms with E-state index in [9.17, 15) is 9.59 Å². The van der Waals surface area contributed by atoms with Crippen LogP contribution in [0.4, 0.5) is 0 Å². The molecule has 184 valence electrons. The Bertz CT molecular complexity index is 1200. The van der Waals surface area contributed by atoms with E-state index >= 15 is 0 Å². The highest BCUT2D eigenvalue weighted by Crippen LogP contribution is 2.29. The molecule has 0 N–H and O–H groups in total. The van der Waals surface area contributed by atoms with Crippen LogP contribution in [0.3, 0.4) is 0 Å². The maximum atomic E-state index is 13.5. The molecular weight excluding hydrogens is 442 g/mol. The predicted molar refractivity (Wildman–Crippen MR) is 135 cm³/mol. The van der Waals surface area contributed by atoms with Gasteiger partial charge in [0, 0.05) is 12.6 Å². The lowest BCUT2D eigenvalue weighted by molar-refractivity contribution is -0.130. The van der Waals surface area contributed by atoms with Crippen LogP contribution in [-0.4, -0.2) is 53.2 Å². The quantitative estimate of drug-likeness (QED) is 0.349. The van der Waals surface area contributed by atoms with E-state index in [0.29, 0.717) is 35.0 Å². The number of amides is 1. The summed E-state index contributed by atoms with van der Waals surface area (Å²) >= 11 is 0. The van der Waals surface area contributed by atoms with Gasteiger partial charge in [-0.2, -0.15) is 5.10 Å². The minimum absolute atomic E-state index is 0.0260. The normalized spacial score (nSPS) is 15.7. The van der Waals surface area contributed by atoms with Gasteiger partial charge in [0.1, 0.15) is 0 Å². The van der Waals surface area contributed by atoms with Crippen molar-refractivity contribution in [3.05, 3.63) is 71.0 Å². The lowest BCUT2D eigenvalue weighted by Gasteiger charge is -2.35. The third-order valence-electron chi connectivity index (χ3n) is 6.82. The number of rotatable bonds is 8. The first-order valence-electron chi connectivity index (χ1n) is 12.1. The Morgan fingerprint density at radius 2 is 1.74 bits per heavy atom. The largest absolute Gasteiger partial charge is 0.493 e. The van der Waals surface area contributed by atoms with Gasteiger partial charge in [-0.3, -0.25) is 9.59 Å². The van der Waals surface area contributed by atoms with Crippen molar-refractivity contribution in [2.24, 2.45) is 0 Å². The minimum Gasteiger partial charge on any atom is -0.493 e. The van der Waals surface area contributed by atoms with Gasteiger partial charge in [0.05, 0.1) is 36.9 Å². The number of methoxy groups -OCH3 is 2. The average molecular weight is 476 g/mol. The lowest BCUT2D eigenvalue weighted by Crippen LogP contribution is -2.47. The fraction of sp³-hybridized carbons (Fsp3) is 0.393. The molecule has 0 bridgehead atoms. The van der Waals surface area contributed by atoms with Gasteiger partial charge < -0.3 is 14.4 Å².